The molecular weight excluding hydrogens is 410 g/mol. The second kappa shape index (κ2) is 8.37. The predicted octanol–water partition coefficient (Wildman–Crippen LogP) is 4.33. The fourth-order valence-electron chi connectivity index (χ4n) is 6.99. The molecule has 2 N–H and O–H groups in total. The van der Waals surface area contributed by atoms with E-state index in [1.807, 2.05) is 0 Å². The largest absolute Gasteiger partial charge is 0.459 e. The van der Waals surface area contributed by atoms with Gasteiger partial charge in [0.25, 0.3) is 5.69 Å². The van der Waals surface area contributed by atoms with Gasteiger partial charge in [0.2, 0.25) is 0 Å². The first-order valence-corrected chi connectivity index (χ1v) is 11.9. The summed E-state index contributed by atoms with van der Waals surface area (Å²) in [5, 5.41) is 17.3. The van der Waals surface area contributed by atoms with Crippen molar-refractivity contribution in [3.63, 3.8) is 0 Å². The molecule has 8 heteroatoms. The second-order valence-electron chi connectivity index (χ2n) is 10.5. The summed E-state index contributed by atoms with van der Waals surface area (Å²) in [7, 11) is 0. The van der Waals surface area contributed by atoms with Crippen LogP contribution in [0, 0.1) is 27.9 Å². The summed E-state index contributed by atoms with van der Waals surface area (Å²) in [4.78, 5) is 35.3. The Balaban J connectivity index is 1.07. The van der Waals surface area contributed by atoms with Crippen LogP contribution in [0.25, 0.3) is 0 Å². The highest BCUT2D eigenvalue weighted by Gasteiger charge is 2.51. The Morgan fingerprint density at radius 2 is 1.50 bits per heavy atom. The van der Waals surface area contributed by atoms with Crippen LogP contribution in [0.2, 0.25) is 0 Å². The number of nitro benzene ring substituents is 1. The molecule has 2 amide bonds. The van der Waals surface area contributed by atoms with Crippen molar-refractivity contribution in [2.24, 2.45) is 17.8 Å². The number of nitrogens with zero attached hydrogens (tertiary/aromatic N) is 1. The third-order valence-corrected chi connectivity index (χ3v) is 8.01. The van der Waals surface area contributed by atoms with Crippen LogP contribution in [0.1, 0.15) is 74.6 Å². The smallest absolute Gasteiger partial charge is 0.338 e. The number of ether oxygens (including phenoxy) is 1. The molecule has 6 rings (SSSR count). The van der Waals surface area contributed by atoms with Gasteiger partial charge in [-0.25, -0.2) is 9.59 Å². The number of hydrogen-bond acceptors (Lipinski definition) is 5. The van der Waals surface area contributed by atoms with E-state index >= 15 is 0 Å². The standard InChI is InChI=1S/C24H31N3O5/c28-22(18-1-5-20(6-2-18)27(30)31)32-21-7-3-19(4-8-21)25-23(29)26-24-12-15-9-16(13-24)11-17(10-15)14-24/h1-2,5-6,15-17,19,21H,3-4,7-14H2,(H2,25,26,29). The summed E-state index contributed by atoms with van der Waals surface area (Å²) in [5.41, 5.74) is 0.266. The number of urea groups is 1. The lowest BCUT2D eigenvalue weighted by Gasteiger charge is -2.56. The van der Waals surface area contributed by atoms with Crippen LogP contribution in [0.5, 0.6) is 0 Å². The summed E-state index contributed by atoms with van der Waals surface area (Å²) in [6, 6.07) is 5.50. The average Bonchev–Trinajstić information content (AvgIpc) is 2.73. The van der Waals surface area contributed by atoms with Crippen molar-refractivity contribution in [3.8, 4) is 0 Å². The number of non-ortho nitro benzene ring substituents is 1. The van der Waals surface area contributed by atoms with Gasteiger partial charge in [0.05, 0.1) is 10.5 Å². The number of carbonyl (C=O) groups is 2. The first-order chi connectivity index (χ1) is 15.4. The third kappa shape index (κ3) is 4.45. The molecule has 0 aliphatic heterocycles. The Bertz CT molecular complexity index is 856. The quantitative estimate of drug-likeness (QED) is 0.401. The number of rotatable bonds is 5. The fourth-order valence-corrected chi connectivity index (χ4v) is 6.99. The number of nitrogens with one attached hydrogen (secondary N) is 2. The molecular formula is C24H31N3O5. The Morgan fingerprint density at radius 1 is 0.938 bits per heavy atom. The molecule has 5 aliphatic rings. The van der Waals surface area contributed by atoms with Crippen LogP contribution in [0.15, 0.2) is 24.3 Å². The summed E-state index contributed by atoms with van der Waals surface area (Å²) in [6.07, 6.45) is 10.2. The number of nitro groups is 1. The molecule has 5 saturated carbocycles. The fraction of sp³-hybridized carbons (Fsp3) is 0.667. The van der Waals surface area contributed by atoms with Gasteiger partial charge in [-0.15, -0.1) is 0 Å². The minimum atomic E-state index is -0.497. The van der Waals surface area contributed by atoms with Crippen molar-refractivity contribution in [2.45, 2.75) is 81.9 Å². The minimum absolute atomic E-state index is 0.0102. The number of benzene rings is 1. The molecule has 0 heterocycles. The third-order valence-electron chi connectivity index (χ3n) is 8.01. The molecule has 32 heavy (non-hydrogen) atoms. The predicted molar refractivity (Wildman–Crippen MR) is 117 cm³/mol. The summed E-state index contributed by atoms with van der Waals surface area (Å²) in [6.45, 7) is 0. The molecule has 0 radical (unpaired) electrons. The van der Waals surface area contributed by atoms with Gasteiger partial charge in [0.15, 0.2) is 0 Å². The highest BCUT2D eigenvalue weighted by Crippen LogP contribution is 2.55. The van der Waals surface area contributed by atoms with Crippen LogP contribution >= 0.6 is 0 Å². The van der Waals surface area contributed by atoms with Gasteiger partial charge < -0.3 is 15.4 Å². The Kier molecular flexibility index (Phi) is 5.55. The van der Waals surface area contributed by atoms with Crippen LogP contribution in [-0.2, 0) is 4.74 Å². The number of hydrogen-bond donors (Lipinski definition) is 2. The number of amides is 2. The summed E-state index contributed by atoms with van der Waals surface area (Å²) >= 11 is 0. The maximum Gasteiger partial charge on any atom is 0.338 e. The molecule has 5 fully saturated rings. The van der Waals surface area contributed by atoms with E-state index in [1.54, 1.807) is 0 Å². The SMILES string of the molecule is O=C(NC1CCC(OC(=O)c2ccc([N+](=O)[O-])cc2)CC1)NC12CC3CC(CC(C3)C1)C2. The van der Waals surface area contributed by atoms with Gasteiger partial charge in [0.1, 0.15) is 6.10 Å². The zero-order chi connectivity index (χ0) is 22.3. The first kappa shape index (κ1) is 21.2. The molecule has 4 bridgehead atoms. The molecule has 1 aromatic carbocycles. The van der Waals surface area contributed by atoms with Gasteiger partial charge in [0, 0.05) is 23.7 Å². The lowest BCUT2D eigenvalue weighted by Crippen LogP contribution is -2.62. The van der Waals surface area contributed by atoms with Crippen molar-refractivity contribution in [3.05, 3.63) is 39.9 Å². The second-order valence-corrected chi connectivity index (χ2v) is 10.5. The van der Waals surface area contributed by atoms with Crippen molar-refractivity contribution < 1.29 is 19.2 Å². The molecule has 0 spiro atoms. The minimum Gasteiger partial charge on any atom is -0.459 e. The molecule has 0 aromatic heterocycles. The molecule has 0 saturated heterocycles. The number of esters is 1. The highest BCUT2D eigenvalue weighted by molar-refractivity contribution is 5.89. The lowest BCUT2D eigenvalue weighted by molar-refractivity contribution is -0.384. The monoisotopic (exact) mass is 441 g/mol. The van der Waals surface area contributed by atoms with Crippen LogP contribution in [0.3, 0.4) is 0 Å². The van der Waals surface area contributed by atoms with Crippen LogP contribution in [0.4, 0.5) is 10.5 Å². The summed E-state index contributed by atoms with van der Waals surface area (Å²) < 4.78 is 5.58. The van der Waals surface area contributed by atoms with Crippen molar-refractivity contribution in [1.29, 1.82) is 0 Å². The van der Waals surface area contributed by atoms with Crippen molar-refractivity contribution >= 4 is 17.7 Å². The maximum atomic E-state index is 12.8. The zero-order valence-corrected chi connectivity index (χ0v) is 18.3. The van der Waals surface area contributed by atoms with E-state index < -0.39 is 10.9 Å². The molecule has 5 aliphatic carbocycles. The van der Waals surface area contributed by atoms with E-state index in [4.69, 9.17) is 4.74 Å². The van der Waals surface area contributed by atoms with Gasteiger partial charge in [-0.2, -0.15) is 0 Å². The van der Waals surface area contributed by atoms with Crippen LogP contribution < -0.4 is 10.6 Å². The maximum absolute atomic E-state index is 12.8. The summed E-state index contributed by atoms with van der Waals surface area (Å²) in [5.74, 6) is 1.92. The average molecular weight is 442 g/mol. The van der Waals surface area contributed by atoms with Crippen molar-refractivity contribution in [1.82, 2.24) is 10.6 Å². The van der Waals surface area contributed by atoms with E-state index in [-0.39, 0.29) is 29.4 Å². The van der Waals surface area contributed by atoms with Crippen LogP contribution in [-0.4, -0.2) is 34.6 Å². The molecule has 0 unspecified atom stereocenters. The Morgan fingerprint density at radius 3 is 2.03 bits per heavy atom. The Hall–Kier alpha value is -2.64. The molecule has 8 nitrogen and oxygen atoms in total. The van der Waals surface area contributed by atoms with E-state index in [9.17, 15) is 19.7 Å². The van der Waals surface area contributed by atoms with E-state index in [0.717, 1.165) is 49.9 Å². The Labute approximate surface area is 187 Å². The van der Waals surface area contributed by atoms with Crippen molar-refractivity contribution in [2.75, 3.05) is 0 Å². The topological polar surface area (TPSA) is 111 Å². The number of carbonyl (C=O) groups excluding carboxylic acids is 2. The highest BCUT2D eigenvalue weighted by atomic mass is 16.6. The molecule has 0 atom stereocenters. The van der Waals surface area contributed by atoms with E-state index in [2.05, 4.69) is 10.6 Å². The van der Waals surface area contributed by atoms with Gasteiger partial charge in [-0.05, 0) is 94.1 Å². The lowest BCUT2D eigenvalue weighted by atomic mass is 9.53. The van der Waals surface area contributed by atoms with E-state index in [0.29, 0.717) is 18.4 Å². The van der Waals surface area contributed by atoms with E-state index in [1.165, 1.54) is 43.5 Å². The first-order valence-electron chi connectivity index (χ1n) is 11.9. The zero-order valence-electron chi connectivity index (χ0n) is 18.3. The normalized spacial score (nSPS) is 35.2. The van der Waals surface area contributed by atoms with Gasteiger partial charge in [-0.1, -0.05) is 0 Å². The molecule has 172 valence electrons. The molecule has 1 aromatic rings. The van der Waals surface area contributed by atoms with Gasteiger partial charge in [-0.3, -0.25) is 10.1 Å². The van der Waals surface area contributed by atoms with Gasteiger partial charge >= 0.3 is 12.0 Å².